The second-order valence-corrected chi connectivity index (χ2v) is 7.99. The number of carbonyl (C=O) groups is 1. The summed E-state index contributed by atoms with van der Waals surface area (Å²) in [6.45, 7) is 5.23. The number of rotatable bonds is 8. The third kappa shape index (κ3) is 4.94. The average Bonchev–Trinajstić information content (AvgIpc) is 3.16. The Morgan fingerprint density at radius 3 is 2.52 bits per heavy atom. The lowest BCUT2D eigenvalue weighted by molar-refractivity contribution is -0.137. The summed E-state index contributed by atoms with van der Waals surface area (Å²) >= 11 is 0. The summed E-state index contributed by atoms with van der Waals surface area (Å²) in [6, 6.07) is 22.3. The largest absolute Gasteiger partial charge is 0.489 e. The van der Waals surface area contributed by atoms with Crippen LogP contribution < -0.4 is 4.74 Å². The summed E-state index contributed by atoms with van der Waals surface area (Å²) in [4.78, 5) is 10.9. The van der Waals surface area contributed by atoms with E-state index in [2.05, 4.69) is 36.3 Å². The molecule has 0 aliphatic heterocycles. The maximum Gasteiger partial charge on any atom is 0.303 e. The van der Waals surface area contributed by atoms with E-state index in [-0.39, 0.29) is 12.3 Å². The fourth-order valence-electron chi connectivity index (χ4n) is 3.92. The van der Waals surface area contributed by atoms with Gasteiger partial charge in [-0.05, 0) is 53.3 Å². The smallest absolute Gasteiger partial charge is 0.303 e. The van der Waals surface area contributed by atoms with Gasteiger partial charge in [-0.3, -0.25) is 9.48 Å². The van der Waals surface area contributed by atoms with Gasteiger partial charge in [0.15, 0.2) is 0 Å². The Hall–Kier alpha value is -3.60. The summed E-state index contributed by atoms with van der Waals surface area (Å²) in [6.07, 6.45) is 2.03. The van der Waals surface area contributed by atoms with Crippen LogP contribution in [0, 0.1) is 6.92 Å². The zero-order chi connectivity index (χ0) is 21.8. The summed E-state index contributed by atoms with van der Waals surface area (Å²) in [7, 11) is 0. The molecule has 1 aromatic heterocycles. The number of nitrogens with zero attached hydrogens (tertiary/aromatic N) is 2. The van der Waals surface area contributed by atoms with Crippen LogP contribution in [0.25, 0.3) is 10.9 Å². The van der Waals surface area contributed by atoms with E-state index in [9.17, 15) is 4.79 Å². The first-order valence-corrected chi connectivity index (χ1v) is 10.4. The van der Waals surface area contributed by atoms with Crippen molar-refractivity contribution in [1.82, 2.24) is 9.78 Å². The first-order valence-electron chi connectivity index (χ1n) is 10.4. The van der Waals surface area contributed by atoms with Crippen molar-refractivity contribution in [1.29, 1.82) is 0 Å². The lowest BCUT2D eigenvalue weighted by Crippen LogP contribution is -2.03. The Morgan fingerprint density at radius 1 is 1.06 bits per heavy atom. The predicted molar refractivity (Wildman–Crippen MR) is 121 cm³/mol. The average molecular weight is 415 g/mol. The molecule has 1 N–H and O–H groups in total. The Labute approximate surface area is 181 Å². The van der Waals surface area contributed by atoms with Crippen LogP contribution in [0.2, 0.25) is 0 Å². The zero-order valence-electron chi connectivity index (χ0n) is 17.8. The van der Waals surface area contributed by atoms with Gasteiger partial charge in [-0.2, -0.15) is 5.10 Å². The Balaban J connectivity index is 1.45. The normalized spacial score (nSPS) is 12.1. The van der Waals surface area contributed by atoms with Gasteiger partial charge in [0.1, 0.15) is 12.4 Å². The van der Waals surface area contributed by atoms with E-state index in [1.54, 1.807) is 0 Å². The van der Waals surface area contributed by atoms with E-state index >= 15 is 0 Å². The molecule has 5 nitrogen and oxygen atoms in total. The maximum absolute atomic E-state index is 10.9. The summed E-state index contributed by atoms with van der Waals surface area (Å²) < 4.78 is 8.01. The molecule has 1 heterocycles. The molecule has 0 radical (unpaired) electrons. The van der Waals surface area contributed by atoms with Crippen LogP contribution in [0.5, 0.6) is 5.75 Å². The highest BCUT2D eigenvalue weighted by molar-refractivity contribution is 5.82. The van der Waals surface area contributed by atoms with Gasteiger partial charge in [-0.25, -0.2) is 0 Å². The van der Waals surface area contributed by atoms with Crippen molar-refractivity contribution in [2.75, 3.05) is 0 Å². The van der Waals surface area contributed by atoms with E-state index in [0.717, 1.165) is 34.3 Å². The molecule has 1 atom stereocenters. The van der Waals surface area contributed by atoms with Crippen LogP contribution in [0.3, 0.4) is 0 Å². The molecule has 0 aliphatic rings. The summed E-state index contributed by atoms with van der Waals surface area (Å²) in [5.74, 6) is -0.0430. The van der Waals surface area contributed by atoms with E-state index < -0.39 is 5.97 Å². The minimum Gasteiger partial charge on any atom is -0.489 e. The fraction of sp³-hybridized carbons (Fsp3) is 0.231. The van der Waals surface area contributed by atoms with Gasteiger partial charge in [0.05, 0.1) is 24.7 Å². The minimum absolute atomic E-state index is 0.0240. The van der Waals surface area contributed by atoms with Crippen LogP contribution in [0.15, 0.2) is 72.9 Å². The lowest BCUT2D eigenvalue weighted by atomic mass is 9.98. The molecule has 0 amide bonds. The van der Waals surface area contributed by atoms with E-state index in [0.29, 0.717) is 6.61 Å². The second-order valence-electron chi connectivity index (χ2n) is 7.99. The monoisotopic (exact) mass is 414 g/mol. The number of carboxylic acid groups (broad SMARTS) is 1. The molecule has 5 heteroatoms. The molecule has 4 rings (SSSR count). The van der Waals surface area contributed by atoms with E-state index in [1.165, 1.54) is 11.1 Å². The number of aliphatic carboxylic acids is 1. The van der Waals surface area contributed by atoms with Gasteiger partial charge in [-0.15, -0.1) is 0 Å². The first kappa shape index (κ1) is 20.7. The quantitative estimate of drug-likeness (QED) is 0.410. The van der Waals surface area contributed by atoms with Crippen molar-refractivity contribution >= 4 is 16.9 Å². The number of ether oxygens (including phenoxy) is 1. The van der Waals surface area contributed by atoms with E-state index in [1.807, 2.05) is 60.3 Å². The van der Waals surface area contributed by atoms with Crippen molar-refractivity contribution in [3.05, 3.63) is 95.2 Å². The van der Waals surface area contributed by atoms with Gasteiger partial charge < -0.3 is 9.84 Å². The number of aromatic nitrogens is 2. The Morgan fingerprint density at radius 2 is 1.81 bits per heavy atom. The number of hydrogen-bond acceptors (Lipinski definition) is 3. The van der Waals surface area contributed by atoms with Crippen molar-refractivity contribution in [3.63, 3.8) is 0 Å². The SMILES string of the molecule is Cc1cc(COc2ccc([C@@H](C)CC(=O)O)cc2)cc2cnn(Cc3ccccc3)c12. The number of carboxylic acids is 1. The second kappa shape index (κ2) is 9.04. The third-order valence-corrected chi connectivity index (χ3v) is 5.49. The molecule has 0 saturated carbocycles. The van der Waals surface area contributed by atoms with Crippen molar-refractivity contribution in [3.8, 4) is 5.75 Å². The van der Waals surface area contributed by atoms with Gasteiger partial charge in [0.25, 0.3) is 0 Å². The molecule has 0 aliphatic carbocycles. The fourth-order valence-corrected chi connectivity index (χ4v) is 3.92. The lowest BCUT2D eigenvalue weighted by Gasteiger charge is -2.12. The number of aryl methyl sites for hydroxylation is 1. The zero-order valence-corrected chi connectivity index (χ0v) is 17.8. The molecule has 3 aromatic carbocycles. The number of fused-ring (bicyclic) bond motifs is 1. The number of benzene rings is 3. The summed E-state index contributed by atoms with van der Waals surface area (Å²) in [5.41, 5.74) is 5.62. The van der Waals surface area contributed by atoms with Gasteiger partial charge >= 0.3 is 5.97 Å². The molecular formula is C26H26N2O3. The molecule has 158 valence electrons. The standard InChI is InChI=1S/C26H26N2O3/c1-18(13-25(29)30)22-8-10-24(11-9-22)31-17-21-12-19(2)26-23(14-21)15-27-28(26)16-20-6-4-3-5-7-20/h3-12,14-15,18H,13,16-17H2,1-2H3,(H,29,30)/t18-/m0/s1. The maximum atomic E-state index is 10.9. The Kier molecular flexibility index (Phi) is 6.03. The highest BCUT2D eigenvalue weighted by Gasteiger charge is 2.11. The number of hydrogen-bond donors (Lipinski definition) is 1. The Bertz CT molecular complexity index is 1180. The summed E-state index contributed by atoms with van der Waals surface area (Å²) in [5, 5.41) is 14.6. The predicted octanol–water partition coefficient (Wildman–Crippen LogP) is 5.55. The molecule has 0 unspecified atom stereocenters. The van der Waals surface area contributed by atoms with Crippen LogP contribution in [0.1, 0.15) is 41.5 Å². The third-order valence-electron chi connectivity index (χ3n) is 5.49. The van der Waals surface area contributed by atoms with Crippen LogP contribution in [0.4, 0.5) is 0 Å². The molecule has 0 saturated heterocycles. The van der Waals surface area contributed by atoms with Crippen LogP contribution >= 0.6 is 0 Å². The van der Waals surface area contributed by atoms with Crippen molar-refractivity contribution in [2.24, 2.45) is 0 Å². The highest BCUT2D eigenvalue weighted by atomic mass is 16.5. The molecule has 4 aromatic rings. The van der Waals surface area contributed by atoms with Gasteiger partial charge in [-0.1, -0.05) is 55.5 Å². The molecule has 0 bridgehead atoms. The van der Waals surface area contributed by atoms with Crippen LogP contribution in [-0.4, -0.2) is 20.9 Å². The highest BCUT2D eigenvalue weighted by Crippen LogP contribution is 2.25. The molecule has 0 spiro atoms. The van der Waals surface area contributed by atoms with Gasteiger partial charge in [0, 0.05) is 5.39 Å². The minimum atomic E-state index is -0.786. The molecule has 0 fully saturated rings. The van der Waals surface area contributed by atoms with Crippen LogP contribution in [-0.2, 0) is 17.9 Å². The van der Waals surface area contributed by atoms with Crippen molar-refractivity contribution < 1.29 is 14.6 Å². The first-order chi connectivity index (χ1) is 15.0. The van der Waals surface area contributed by atoms with Gasteiger partial charge in [0.2, 0.25) is 0 Å². The molecule has 31 heavy (non-hydrogen) atoms. The molecular weight excluding hydrogens is 388 g/mol. The van der Waals surface area contributed by atoms with E-state index in [4.69, 9.17) is 9.84 Å². The topological polar surface area (TPSA) is 64.3 Å². The van der Waals surface area contributed by atoms with Crippen molar-refractivity contribution in [2.45, 2.75) is 39.3 Å².